The molecule has 0 N–H and O–H groups in total. The summed E-state index contributed by atoms with van der Waals surface area (Å²) in [7, 11) is 0. The topological polar surface area (TPSA) is 30.7 Å². The third kappa shape index (κ3) is 5.20. The molecule has 0 fully saturated rings. The van der Waals surface area contributed by atoms with Gasteiger partial charge in [-0.25, -0.2) is 4.98 Å². The van der Waals surface area contributed by atoms with E-state index in [1.165, 1.54) is 65.3 Å². The van der Waals surface area contributed by atoms with Gasteiger partial charge in [-0.05, 0) is 120 Å². The summed E-state index contributed by atoms with van der Waals surface area (Å²) in [5.41, 5.74) is 10.9. The fourth-order valence-electron chi connectivity index (χ4n) is 8.40. The molecule has 0 saturated heterocycles. The number of rotatable bonds is 5. The highest BCUT2D eigenvalue weighted by atomic mass is 15.1. The van der Waals surface area contributed by atoms with Gasteiger partial charge in [-0.1, -0.05) is 140 Å². The Kier molecular flexibility index (Phi) is 7.17. The smallest absolute Gasteiger partial charge is 0.147 e. The number of para-hydroxylation sites is 3. The molecule has 0 saturated carbocycles. The number of aromatic nitrogens is 3. The Balaban J connectivity index is 1.12. The van der Waals surface area contributed by atoms with E-state index in [4.69, 9.17) is 9.97 Å². The SMILES string of the molecule is c1ccc(-n2c(-c3ccc(-c4ccc5c(-c6ccc7ccccc7c6)c6ccccc6c(-c6ccc7ccccc7c6)c5c4)nc3)nc3ccccc32)cc1. The molecule has 11 aromatic rings. The molecular formula is C52H33N3. The van der Waals surface area contributed by atoms with Crippen molar-refractivity contribution >= 4 is 54.1 Å². The van der Waals surface area contributed by atoms with Crippen molar-refractivity contribution in [1.82, 2.24) is 14.5 Å². The van der Waals surface area contributed by atoms with Gasteiger partial charge in [0.05, 0.1) is 16.7 Å². The summed E-state index contributed by atoms with van der Waals surface area (Å²) in [4.78, 5) is 10.2. The van der Waals surface area contributed by atoms with Gasteiger partial charge in [0.15, 0.2) is 0 Å². The first-order chi connectivity index (χ1) is 27.3. The molecular weight excluding hydrogens is 667 g/mol. The summed E-state index contributed by atoms with van der Waals surface area (Å²) in [5.74, 6) is 0.870. The summed E-state index contributed by atoms with van der Waals surface area (Å²) < 4.78 is 2.22. The molecule has 11 rings (SSSR count). The molecule has 0 spiro atoms. The van der Waals surface area contributed by atoms with E-state index in [1.54, 1.807) is 0 Å². The normalized spacial score (nSPS) is 11.6. The molecule has 0 bridgehead atoms. The van der Waals surface area contributed by atoms with Crippen LogP contribution >= 0.6 is 0 Å². The molecule has 2 heterocycles. The van der Waals surface area contributed by atoms with Gasteiger partial charge in [0.1, 0.15) is 5.82 Å². The van der Waals surface area contributed by atoms with E-state index >= 15 is 0 Å². The average Bonchev–Trinajstić information content (AvgIpc) is 3.65. The number of hydrogen-bond acceptors (Lipinski definition) is 2. The van der Waals surface area contributed by atoms with Crippen molar-refractivity contribution in [1.29, 1.82) is 0 Å². The molecule has 0 aliphatic heterocycles. The maximum Gasteiger partial charge on any atom is 0.147 e. The van der Waals surface area contributed by atoms with Crippen molar-refractivity contribution < 1.29 is 0 Å². The van der Waals surface area contributed by atoms with Crippen LogP contribution in [0.15, 0.2) is 200 Å². The van der Waals surface area contributed by atoms with Crippen LogP contribution in [0.2, 0.25) is 0 Å². The number of pyridine rings is 1. The van der Waals surface area contributed by atoms with Gasteiger partial charge in [-0.3, -0.25) is 9.55 Å². The van der Waals surface area contributed by atoms with E-state index < -0.39 is 0 Å². The lowest BCUT2D eigenvalue weighted by Crippen LogP contribution is -1.98. The minimum absolute atomic E-state index is 0.870. The van der Waals surface area contributed by atoms with Crippen molar-refractivity contribution in [3.63, 3.8) is 0 Å². The van der Waals surface area contributed by atoms with Crippen molar-refractivity contribution in [2.45, 2.75) is 0 Å². The zero-order valence-electron chi connectivity index (χ0n) is 29.9. The minimum atomic E-state index is 0.870. The molecule has 0 unspecified atom stereocenters. The van der Waals surface area contributed by atoms with Gasteiger partial charge in [-0.2, -0.15) is 0 Å². The van der Waals surface area contributed by atoms with Crippen LogP contribution in [0.25, 0.3) is 105 Å². The van der Waals surface area contributed by atoms with Crippen LogP contribution in [0, 0.1) is 0 Å². The molecule has 9 aromatic carbocycles. The Labute approximate surface area is 318 Å². The fraction of sp³-hybridized carbons (Fsp3) is 0. The maximum absolute atomic E-state index is 5.10. The Hall–Kier alpha value is -7.36. The Morgan fingerprint density at radius 3 is 1.58 bits per heavy atom. The monoisotopic (exact) mass is 699 g/mol. The number of fused-ring (bicyclic) bond motifs is 5. The van der Waals surface area contributed by atoms with Gasteiger partial charge in [0.25, 0.3) is 0 Å². The average molecular weight is 700 g/mol. The molecule has 3 nitrogen and oxygen atoms in total. The fourth-order valence-corrected chi connectivity index (χ4v) is 8.40. The molecule has 3 heteroatoms. The maximum atomic E-state index is 5.10. The van der Waals surface area contributed by atoms with Crippen molar-refractivity contribution in [2.75, 3.05) is 0 Å². The standard InChI is InChI=1S/C52H33N3/c1-2-16-42(17-3-1)55-49-21-11-10-20-48(49)54-52(55)41-27-29-47(53-33-41)38-26-28-45-46(32-38)51(40-25-23-35-13-5-7-15-37(35)31-40)44-19-9-8-18-43(44)50(45)39-24-22-34-12-4-6-14-36(34)30-39/h1-33H. The third-order valence-corrected chi connectivity index (χ3v) is 11.0. The molecule has 0 amide bonds. The zero-order chi connectivity index (χ0) is 36.3. The van der Waals surface area contributed by atoms with Crippen LogP contribution in [-0.2, 0) is 0 Å². The van der Waals surface area contributed by atoms with E-state index in [9.17, 15) is 0 Å². The lowest BCUT2D eigenvalue weighted by Gasteiger charge is -2.19. The molecule has 0 radical (unpaired) electrons. The predicted octanol–water partition coefficient (Wildman–Crippen LogP) is 13.7. The van der Waals surface area contributed by atoms with Crippen molar-refractivity contribution in [3.05, 3.63) is 200 Å². The highest BCUT2D eigenvalue weighted by Gasteiger charge is 2.19. The Bertz CT molecular complexity index is 3250. The molecule has 2 aromatic heterocycles. The van der Waals surface area contributed by atoms with Crippen molar-refractivity contribution in [2.24, 2.45) is 0 Å². The molecule has 0 aliphatic carbocycles. The summed E-state index contributed by atoms with van der Waals surface area (Å²) in [5, 5.41) is 9.82. The summed E-state index contributed by atoms with van der Waals surface area (Å²) >= 11 is 0. The highest BCUT2D eigenvalue weighted by Crippen LogP contribution is 2.45. The quantitative estimate of drug-likeness (QED) is 0.167. The van der Waals surface area contributed by atoms with E-state index in [1.807, 2.05) is 18.3 Å². The van der Waals surface area contributed by atoms with Gasteiger partial charge in [0.2, 0.25) is 0 Å². The second-order valence-corrected chi connectivity index (χ2v) is 14.2. The Morgan fingerprint density at radius 1 is 0.364 bits per heavy atom. The van der Waals surface area contributed by atoms with E-state index in [0.29, 0.717) is 0 Å². The number of hydrogen-bond donors (Lipinski definition) is 0. The van der Waals surface area contributed by atoms with Crippen LogP contribution in [0.3, 0.4) is 0 Å². The van der Waals surface area contributed by atoms with Crippen LogP contribution in [0.5, 0.6) is 0 Å². The predicted molar refractivity (Wildman–Crippen MR) is 231 cm³/mol. The third-order valence-electron chi connectivity index (χ3n) is 11.0. The zero-order valence-corrected chi connectivity index (χ0v) is 29.9. The van der Waals surface area contributed by atoms with Crippen molar-refractivity contribution in [3.8, 4) is 50.6 Å². The van der Waals surface area contributed by atoms with Crippen LogP contribution in [-0.4, -0.2) is 14.5 Å². The second-order valence-electron chi connectivity index (χ2n) is 14.2. The van der Waals surface area contributed by atoms with E-state index in [0.717, 1.165) is 39.4 Å². The summed E-state index contributed by atoms with van der Waals surface area (Å²) in [6.45, 7) is 0. The van der Waals surface area contributed by atoms with Gasteiger partial charge in [-0.15, -0.1) is 0 Å². The summed E-state index contributed by atoms with van der Waals surface area (Å²) in [6.07, 6.45) is 1.96. The van der Waals surface area contributed by atoms with Gasteiger partial charge >= 0.3 is 0 Å². The number of nitrogens with zero attached hydrogens (tertiary/aromatic N) is 3. The highest BCUT2D eigenvalue weighted by molar-refractivity contribution is 6.22. The lowest BCUT2D eigenvalue weighted by atomic mass is 9.84. The van der Waals surface area contributed by atoms with Crippen LogP contribution in [0.1, 0.15) is 0 Å². The molecule has 0 aliphatic rings. The first-order valence-electron chi connectivity index (χ1n) is 18.7. The van der Waals surface area contributed by atoms with Crippen LogP contribution in [0.4, 0.5) is 0 Å². The van der Waals surface area contributed by atoms with Crippen LogP contribution < -0.4 is 0 Å². The first kappa shape index (κ1) is 31.2. The first-order valence-corrected chi connectivity index (χ1v) is 18.7. The van der Waals surface area contributed by atoms with Gasteiger partial charge in [0, 0.05) is 23.0 Å². The number of imidazole rings is 1. The Morgan fingerprint density at radius 2 is 0.909 bits per heavy atom. The molecule has 55 heavy (non-hydrogen) atoms. The number of benzene rings is 9. The molecule has 256 valence electrons. The summed E-state index contributed by atoms with van der Waals surface area (Å²) in [6, 6.07) is 69.7. The largest absolute Gasteiger partial charge is 0.292 e. The second kappa shape index (κ2) is 12.6. The lowest BCUT2D eigenvalue weighted by molar-refractivity contribution is 1.10. The van der Waals surface area contributed by atoms with E-state index in [-0.39, 0.29) is 0 Å². The van der Waals surface area contributed by atoms with Gasteiger partial charge < -0.3 is 0 Å². The van der Waals surface area contributed by atoms with E-state index in [2.05, 4.69) is 187 Å². The minimum Gasteiger partial charge on any atom is -0.292 e. The molecule has 0 atom stereocenters.